The van der Waals surface area contributed by atoms with Crippen LogP contribution < -0.4 is 10.1 Å². The Morgan fingerprint density at radius 2 is 1.90 bits per heavy atom. The van der Waals surface area contributed by atoms with E-state index >= 15 is 0 Å². The SMILES string of the molecule is Cc1ccc(NC(=O)N2CCSC2c2ccc(OCc3ccccc3)cc2)cc1Cl. The minimum absolute atomic E-state index is 0.0194. The topological polar surface area (TPSA) is 41.6 Å². The van der Waals surface area contributed by atoms with Crippen LogP contribution in [0, 0.1) is 6.92 Å². The lowest BCUT2D eigenvalue weighted by Crippen LogP contribution is -2.34. The van der Waals surface area contributed by atoms with Crippen LogP contribution in [0.15, 0.2) is 72.8 Å². The number of anilines is 1. The molecule has 3 aromatic rings. The number of hydrogen-bond donors (Lipinski definition) is 1. The zero-order valence-electron chi connectivity index (χ0n) is 16.7. The van der Waals surface area contributed by atoms with Gasteiger partial charge in [-0.2, -0.15) is 0 Å². The molecule has 1 atom stereocenters. The van der Waals surface area contributed by atoms with Gasteiger partial charge in [0.2, 0.25) is 0 Å². The number of carbonyl (C=O) groups is 1. The van der Waals surface area contributed by atoms with Crippen LogP contribution in [0.4, 0.5) is 10.5 Å². The summed E-state index contributed by atoms with van der Waals surface area (Å²) in [6, 6.07) is 23.5. The largest absolute Gasteiger partial charge is 0.489 e. The van der Waals surface area contributed by atoms with Crippen LogP contribution in [0.1, 0.15) is 22.1 Å². The molecular formula is C24H23ClN2O2S. The summed E-state index contributed by atoms with van der Waals surface area (Å²) < 4.78 is 5.87. The van der Waals surface area contributed by atoms with Gasteiger partial charge >= 0.3 is 6.03 Å². The van der Waals surface area contributed by atoms with Crippen LogP contribution >= 0.6 is 23.4 Å². The lowest BCUT2D eigenvalue weighted by molar-refractivity contribution is 0.214. The number of nitrogens with one attached hydrogen (secondary N) is 1. The molecule has 4 nitrogen and oxygen atoms in total. The van der Waals surface area contributed by atoms with E-state index < -0.39 is 0 Å². The lowest BCUT2D eigenvalue weighted by Gasteiger charge is -2.24. The Hall–Kier alpha value is -2.63. The monoisotopic (exact) mass is 438 g/mol. The van der Waals surface area contributed by atoms with Gasteiger partial charge in [0.05, 0.1) is 0 Å². The Bertz CT molecular complexity index is 1010. The standard InChI is InChI=1S/C24H23ClN2O2S/c1-17-7-10-20(15-22(17)25)26-24(28)27-13-14-30-23(27)19-8-11-21(12-9-19)29-16-18-5-3-2-4-6-18/h2-12,15,23H,13-14,16H2,1H3,(H,26,28). The molecule has 3 aromatic carbocycles. The number of ether oxygens (including phenoxy) is 1. The van der Waals surface area contributed by atoms with Crippen LogP contribution in [0.3, 0.4) is 0 Å². The highest BCUT2D eigenvalue weighted by molar-refractivity contribution is 7.99. The number of amides is 2. The summed E-state index contributed by atoms with van der Waals surface area (Å²) in [6.07, 6.45) is 0. The van der Waals surface area contributed by atoms with Crippen molar-refractivity contribution in [3.8, 4) is 5.75 Å². The summed E-state index contributed by atoms with van der Waals surface area (Å²) in [7, 11) is 0. The maximum absolute atomic E-state index is 12.9. The molecule has 1 heterocycles. The third-order valence-electron chi connectivity index (χ3n) is 4.99. The molecule has 6 heteroatoms. The number of halogens is 1. The highest BCUT2D eigenvalue weighted by Crippen LogP contribution is 2.38. The number of thioether (sulfide) groups is 1. The number of benzene rings is 3. The van der Waals surface area contributed by atoms with Gasteiger partial charge in [-0.15, -0.1) is 11.8 Å². The molecule has 30 heavy (non-hydrogen) atoms. The fourth-order valence-electron chi connectivity index (χ4n) is 3.29. The van der Waals surface area contributed by atoms with Crippen molar-refractivity contribution in [2.45, 2.75) is 18.9 Å². The predicted molar refractivity (Wildman–Crippen MR) is 124 cm³/mol. The molecule has 0 saturated carbocycles. The summed E-state index contributed by atoms with van der Waals surface area (Å²) in [5, 5.41) is 3.59. The van der Waals surface area contributed by atoms with Crippen molar-refractivity contribution in [3.63, 3.8) is 0 Å². The maximum Gasteiger partial charge on any atom is 0.323 e. The third kappa shape index (κ3) is 4.91. The summed E-state index contributed by atoms with van der Waals surface area (Å²) in [5.41, 5.74) is 3.91. The Morgan fingerprint density at radius 3 is 2.63 bits per heavy atom. The lowest BCUT2D eigenvalue weighted by atomic mass is 10.2. The van der Waals surface area contributed by atoms with Gasteiger partial charge < -0.3 is 15.0 Å². The maximum atomic E-state index is 12.9. The van der Waals surface area contributed by atoms with Crippen molar-refractivity contribution in [2.24, 2.45) is 0 Å². The van der Waals surface area contributed by atoms with E-state index in [4.69, 9.17) is 16.3 Å². The number of hydrogen-bond acceptors (Lipinski definition) is 3. The van der Waals surface area contributed by atoms with Crippen molar-refractivity contribution < 1.29 is 9.53 Å². The first kappa shape index (κ1) is 20.6. The average molecular weight is 439 g/mol. The molecule has 1 fully saturated rings. The summed E-state index contributed by atoms with van der Waals surface area (Å²) in [6.45, 7) is 3.17. The van der Waals surface area contributed by atoms with Crippen molar-refractivity contribution in [1.82, 2.24) is 4.90 Å². The number of aryl methyl sites for hydroxylation is 1. The van der Waals surface area contributed by atoms with Crippen molar-refractivity contribution >= 4 is 35.1 Å². The second-order valence-corrected chi connectivity index (χ2v) is 8.75. The van der Waals surface area contributed by atoms with Gasteiger partial charge in [0.25, 0.3) is 0 Å². The minimum atomic E-state index is -0.116. The minimum Gasteiger partial charge on any atom is -0.489 e. The van der Waals surface area contributed by atoms with Gasteiger partial charge in [0.15, 0.2) is 0 Å². The van der Waals surface area contributed by atoms with E-state index in [1.807, 2.05) is 78.6 Å². The molecule has 1 N–H and O–H groups in total. The average Bonchev–Trinajstić information content (AvgIpc) is 3.26. The Morgan fingerprint density at radius 1 is 1.13 bits per heavy atom. The third-order valence-corrected chi connectivity index (χ3v) is 6.66. The van der Waals surface area contributed by atoms with E-state index in [-0.39, 0.29) is 11.4 Å². The highest BCUT2D eigenvalue weighted by Gasteiger charge is 2.30. The van der Waals surface area contributed by atoms with E-state index in [9.17, 15) is 4.79 Å². The number of urea groups is 1. The first-order valence-corrected chi connectivity index (χ1v) is 11.2. The number of nitrogens with zero attached hydrogens (tertiary/aromatic N) is 1. The second-order valence-electron chi connectivity index (χ2n) is 7.15. The number of rotatable bonds is 5. The first-order chi connectivity index (χ1) is 14.6. The molecular weight excluding hydrogens is 416 g/mol. The predicted octanol–water partition coefficient (Wildman–Crippen LogP) is 6.51. The van der Waals surface area contributed by atoms with Crippen LogP contribution in [-0.4, -0.2) is 23.2 Å². The summed E-state index contributed by atoms with van der Waals surface area (Å²) in [5.74, 6) is 1.72. The fourth-order valence-corrected chi connectivity index (χ4v) is 4.73. The fraction of sp³-hybridized carbons (Fsp3) is 0.208. The van der Waals surface area contributed by atoms with E-state index in [1.54, 1.807) is 17.8 Å². The highest BCUT2D eigenvalue weighted by atomic mass is 35.5. The van der Waals surface area contributed by atoms with Crippen molar-refractivity contribution in [3.05, 3.63) is 94.5 Å². The summed E-state index contributed by atoms with van der Waals surface area (Å²) >= 11 is 7.94. The van der Waals surface area contributed by atoms with E-state index in [1.165, 1.54) is 0 Å². The zero-order chi connectivity index (χ0) is 20.9. The van der Waals surface area contributed by atoms with Crippen LogP contribution in [0.25, 0.3) is 0 Å². The van der Waals surface area contributed by atoms with Crippen molar-refractivity contribution in [1.29, 1.82) is 0 Å². The molecule has 154 valence electrons. The molecule has 1 unspecified atom stereocenters. The molecule has 4 rings (SSSR count). The first-order valence-electron chi connectivity index (χ1n) is 9.82. The molecule has 0 bridgehead atoms. The molecule has 1 aliphatic rings. The van der Waals surface area contributed by atoms with Gasteiger partial charge in [-0.05, 0) is 47.9 Å². The van der Waals surface area contributed by atoms with E-state index in [0.29, 0.717) is 23.9 Å². The van der Waals surface area contributed by atoms with Crippen LogP contribution in [-0.2, 0) is 6.61 Å². The normalized spacial score (nSPS) is 15.8. The zero-order valence-corrected chi connectivity index (χ0v) is 18.2. The van der Waals surface area contributed by atoms with Gasteiger partial charge in [-0.25, -0.2) is 4.79 Å². The number of carbonyl (C=O) groups excluding carboxylic acids is 1. The quantitative estimate of drug-likeness (QED) is 0.493. The summed E-state index contributed by atoms with van der Waals surface area (Å²) in [4.78, 5) is 14.7. The van der Waals surface area contributed by atoms with Crippen molar-refractivity contribution in [2.75, 3.05) is 17.6 Å². The second kappa shape index (κ2) is 9.45. The molecule has 0 aliphatic carbocycles. The Labute approximate surface area is 186 Å². The Kier molecular flexibility index (Phi) is 6.50. The Balaban J connectivity index is 1.40. The molecule has 1 aliphatic heterocycles. The smallest absolute Gasteiger partial charge is 0.323 e. The van der Waals surface area contributed by atoms with Crippen LogP contribution in [0.2, 0.25) is 5.02 Å². The molecule has 0 aromatic heterocycles. The molecule has 0 radical (unpaired) electrons. The van der Waals surface area contributed by atoms with Gasteiger partial charge in [0.1, 0.15) is 17.7 Å². The molecule has 0 spiro atoms. The van der Waals surface area contributed by atoms with E-state index in [2.05, 4.69) is 5.32 Å². The van der Waals surface area contributed by atoms with Gasteiger partial charge in [-0.3, -0.25) is 0 Å². The van der Waals surface area contributed by atoms with Gasteiger partial charge in [0, 0.05) is 23.0 Å². The molecule has 2 amide bonds. The van der Waals surface area contributed by atoms with Crippen LogP contribution in [0.5, 0.6) is 5.75 Å². The van der Waals surface area contributed by atoms with E-state index in [0.717, 1.165) is 28.2 Å². The van der Waals surface area contributed by atoms with Gasteiger partial charge in [-0.1, -0.05) is 60.1 Å². The molecule has 1 saturated heterocycles.